The van der Waals surface area contributed by atoms with E-state index < -0.39 is 5.91 Å². The van der Waals surface area contributed by atoms with Crippen molar-refractivity contribution in [3.05, 3.63) is 56.0 Å². The van der Waals surface area contributed by atoms with Gasteiger partial charge in [-0.05, 0) is 30.3 Å². The molecule has 1 amide bonds. The second-order valence-corrected chi connectivity index (χ2v) is 7.41. The number of carbonyl (C=O) groups is 1. The Kier molecular flexibility index (Phi) is 5.36. The van der Waals surface area contributed by atoms with Crippen LogP contribution in [0.5, 0.6) is 5.75 Å². The maximum Gasteiger partial charge on any atom is 0.257 e. The Morgan fingerprint density at radius 2 is 1.76 bits per heavy atom. The fourth-order valence-electron chi connectivity index (χ4n) is 1.92. The molecule has 0 saturated carbocycles. The molecular formula is C15H7Cl4N3O2S. The number of rotatable bonds is 3. The van der Waals surface area contributed by atoms with Gasteiger partial charge in [-0.1, -0.05) is 57.7 Å². The minimum absolute atomic E-state index is 0.0964. The number of aromatic hydroxyl groups is 1. The minimum atomic E-state index is -0.422. The SMILES string of the molecule is O=C(Nc1nnc(-c2cc(Cl)cc(Cl)c2O)s1)c1ccc(Cl)c(Cl)c1. The Morgan fingerprint density at radius 3 is 2.48 bits per heavy atom. The summed E-state index contributed by atoms with van der Waals surface area (Å²) in [6, 6.07) is 7.43. The second-order valence-electron chi connectivity index (χ2n) is 4.78. The summed E-state index contributed by atoms with van der Waals surface area (Å²) < 4.78 is 0. The topological polar surface area (TPSA) is 75.1 Å². The van der Waals surface area contributed by atoms with Crippen LogP contribution in [0.2, 0.25) is 20.1 Å². The zero-order valence-electron chi connectivity index (χ0n) is 12.1. The van der Waals surface area contributed by atoms with Crippen molar-refractivity contribution in [3.63, 3.8) is 0 Å². The summed E-state index contributed by atoms with van der Waals surface area (Å²) in [6.45, 7) is 0. The third-order valence-electron chi connectivity index (χ3n) is 3.09. The lowest BCUT2D eigenvalue weighted by atomic mass is 10.2. The van der Waals surface area contributed by atoms with Crippen molar-refractivity contribution in [2.75, 3.05) is 5.32 Å². The van der Waals surface area contributed by atoms with Crippen LogP contribution in [-0.4, -0.2) is 21.2 Å². The number of amides is 1. The number of halogens is 4. The number of phenols is 1. The number of aromatic nitrogens is 2. The average molecular weight is 435 g/mol. The van der Waals surface area contributed by atoms with E-state index in [0.717, 1.165) is 11.3 Å². The molecule has 3 rings (SSSR count). The number of hydrogen-bond donors (Lipinski definition) is 2. The van der Waals surface area contributed by atoms with Crippen molar-refractivity contribution in [3.8, 4) is 16.3 Å². The van der Waals surface area contributed by atoms with E-state index >= 15 is 0 Å². The molecule has 128 valence electrons. The van der Waals surface area contributed by atoms with Gasteiger partial charge in [0.05, 0.1) is 20.6 Å². The van der Waals surface area contributed by atoms with Crippen molar-refractivity contribution in [2.24, 2.45) is 0 Å². The predicted molar refractivity (Wildman–Crippen MR) is 101 cm³/mol. The van der Waals surface area contributed by atoms with Crippen LogP contribution in [0.1, 0.15) is 10.4 Å². The van der Waals surface area contributed by atoms with Gasteiger partial charge in [-0.3, -0.25) is 10.1 Å². The van der Waals surface area contributed by atoms with Crippen LogP contribution in [0.3, 0.4) is 0 Å². The average Bonchev–Trinajstić information content (AvgIpc) is 3.01. The molecule has 0 radical (unpaired) electrons. The quantitative estimate of drug-likeness (QED) is 0.548. The Labute approximate surface area is 166 Å². The molecular weight excluding hydrogens is 428 g/mol. The minimum Gasteiger partial charge on any atom is -0.506 e. The van der Waals surface area contributed by atoms with Crippen LogP contribution in [-0.2, 0) is 0 Å². The highest BCUT2D eigenvalue weighted by Gasteiger charge is 2.16. The molecule has 2 aromatic carbocycles. The number of hydrogen-bond acceptors (Lipinski definition) is 5. The molecule has 2 N–H and O–H groups in total. The molecule has 0 aliphatic heterocycles. The molecule has 0 bridgehead atoms. The van der Waals surface area contributed by atoms with Crippen molar-refractivity contribution < 1.29 is 9.90 Å². The number of benzene rings is 2. The van der Waals surface area contributed by atoms with E-state index in [-0.39, 0.29) is 20.9 Å². The standard InChI is InChI=1S/C15H7Cl4N3O2S/c16-7-4-8(12(23)11(19)5-7)14-21-22-15(25-14)20-13(24)6-1-2-9(17)10(18)3-6/h1-5,23H,(H,20,22,24). The van der Waals surface area contributed by atoms with Crippen LogP contribution >= 0.6 is 57.7 Å². The summed E-state index contributed by atoms with van der Waals surface area (Å²) in [5.74, 6) is -0.584. The summed E-state index contributed by atoms with van der Waals surface area (Å²) in [5.41, 5.74) is 0.643. The lowest BCUT2D eigenvalue weighted by molar-refractivity contribution is 0.102. The van der Waals surface area contributed by atoms with Gasteiger partial charge in [-0.15, -0.1) is 10.2 Å². The fraction of sp³-hybridized carbons (Fsp3) is 0. The van der Waals surface area contributed by atoms with E-state index in [4.69, 9.17) is 46.4 Å². The Balaban J connectivity index is 1.85. The normalized spacial score (nSPS) is 10.7. The zero-order chi connectivity index (χ0) is 18.1. The maximum atomic E-state index is 12.2. The fourth-order valence-corrected chi connectivity index (χ4v) is 3.47. The summed E-state index contributed by atoms with van der Waals surface area (Å²) in [7, 11) is 0. The van der Waals surface area contributed by atoms with Crippen LogP contribution < -0.4 is 5.32 Å². The zero-order valence-corrected chi connectivity index (χ0v) is 15.9. The van der Waals surface area contributed by atoms with E-state index in [0.29, 0.717) is 26.2 Å². The smallest absolute Gasteiger partial charge is 0.257 e. The summed E-state index contributed by atoms with van der Waals surface area (Å²) >= 11 is 24.6. The maximum absolute atomic E-state index is 12.2. The molecule has 0 saturated heterocycles. The van der Waals surface area contributed by atoms with E-state index in [1.54, 1.807) is 0 Å². The van der Waals surface area contributed by atoms with Gasteiger partial charge in [0.1, 0.15) is 5.75 Å². The van der Waals surface area contributed by atoms with Crippen LogP contribution in [0.15, 0.2) is 30.3 Å². The molecule has 0 unspecified atom stereocenters. The van der Waals surface area contributed by atoms with Crippen molar-refractivity contribution in [2.45, 2.75) is 0 Å². The predicted octanol–water partition coefficient (Wildman–Crippen LogP) is 5.78. The molecule has 3 aromatic rings. The van der Waals surface area contributed by atoms with E-state index in [1.165, 1.54) is 30.3 Å². The summed E-state index contributed by atoms with van der Waals surface area (Å²) in [6.07, 6.45) is 0. The first-order valence-electron chi connectivity index (χ1n) is 6.63. The number of phenolic OH excluding ortho intramolecular Hbond substituents is 1. The van der Waals surface area contributed by atoms with Gasteiger partial charge in [0.25, 0.3) is 5.91 Å². The number of nitrogens with zero attached hydrogens (tertiary/aromatic N) is 2. The van der Waals surface area contributed by atoms with Gasteiger partial charge in [-0.25, -0.2) is 0 Å². The number of carbonyl (C=O) groups excluding carboxylic acids is 1. The Bertz CT molecular complexity index is 977. The van der Waals surface area contributed by atoms with Gasteiger partial charge >= 0.3 is 0 Å². The Hall–Kier alpha value is -1.57. The lowest BCUT2D eigenvalue weighted by Gasteiger charge is -2.04. The first-order valence-corrected chi connectivity index (χ1v) is 8.96. The molecule has 0 aliphatic rings. The van der Waals surface area contributed by atoms with Crippen LogP contribution in [0.4, 0.5) is 5.13 Å². The molecule has 5 nitrogen and oxygen atoms in total. The molecule has 1 aromatic heterocycles. The van der Waals surface area contributed by atoms with Crippen LogP contribution in [0, 0.1) is 0 Å². The van der Waals surface area contributed by atoms with Crippen molar-refractivity contribution >= 4 is 68.8 Å². The van der Waals surface area contributed by atoms with E-state index in [2.05, 4.69) is 15.5 Å². The molecule has 0 spiro atoms. The Morgan fingerprint density at radius 1 is 1.00 bits per heavy atom. The number of anilines is 1. The lowest BCUT2D eigenvalue weighted by Crippen LogP contribution is -2.11. The van der Waals surface area contributed by atoms with E-state index in [9.17, 15) is 9.90 Å². The molecule has 1 heterocycles. The highest BCUT2D eigenvalue weighted by molar-refractivity contribution is 7.18. The van der Waals surface area contributed by atoms with E-state index in [1.807, 2.05) is 0 Å². The summed E-state index contributed by atoms with van der Waals surface area (Å²) in [4.78, 5) is 12.2. The first-order chi connectivity index (χ1) is 11.8. The van der Waals surface area contributed by atoms with Crippen molar-refractivity contribution in [1.82, 2.24) is 10.2 Å². The highest BCUT2D eigenvalue weighted by atomic mass is 35.5. The molecule has 0 fully saturated rings. The second kappa shape index (κ2) is 7.35. The third kappa shape index (κ3) is 3.99. The monoisotopic (exact) mass is 433 g/mol. The highest BCUT2D eigenvalue weighted by Crippen LogP contribution is 2.39. The van der Waals surface area contributed by atoms with Crippen molar-refractivity contribution in [1.29, 1.82) is 0 Å². The van der Waals surface area contributed by atoms with Gasteiger partial charge in [0, 0.05) is 10.6 Å². The largest absolute Gasteiger partial charge is 0.506 e. The first kappa shape index (κ1) is 18.2. The van der Waals surface area contributed by atoms with Crippen LogP contribution in [0.25, 0.3) is 10.6 Å². The summed E-state index contributed by atoms with van der Waals surface area (Å²) in [5, 5.41) is 22.1. The van der Waals surface area contributed by atoms with Gasteiger partial charge in [0.15, 0.2) is 5.01 Å². The molecule has 0 atom stereocenters. The molecule has 25 heavy (non-hydrogen) atoms. The van der Waals surface area contributed by atoms with Gasteiger partial charge in [-0.2, -0.15) is 0 Å². The molecule has 0 aliphatic carbocycles. The van der Waals surface area contributed by atoms with Gasteiger partial charge in [0.2, 0.25) is 5.13 Å². The van der Waals surface area contributed by atoms with Gasteiger partial charge < -0.3 is 5.11 Å². The number of nitrogens with one attached hydrogen (secondary N) is 1. The molecule has 10 heteroatoms. The third-order valence-corrected chi connectivity index (χ3v) is 5.20.